The lowest BCUT2D eigenvalue weighted by Crippen LogP contribution is -2.36. The summed E-state index contributed by atoms with van der Waals surface area (Å²) in [5.74, 6) is 1.09. The molecule has 0 radical (unpaired) electrons. The SMILES string of the molecule is C[C@@H](NC(=O)CCCC[C@@H]1SC[C@@H]2NC(=O)N[C@@H]21)c1ccc(Br)cc1. The number of thioether (sulfide) groups is 1. The number of hydrogen-bond acceptors (Lipinski definition) is 3. The maximum absolute atomic E-state index is 12.1. The van der Waals surface area contributed by atoms with Crippen molar-refractivity contribution in [1.29, 1.82) is 0 Å². The summed E-state index contributed by atoms with van der Waals surface area (Å²) in [4.78, 5) is 23.5. The van der Waals surface area contributed by atoms with Gasteiger partial charge in [0.1, 0.15) is 0 Å². The van der Waals surface area contributed by atoms with Crippen LogP contribution in [0.1, 0.15) is 44.2 Å². The van der Waals surface area contributed by atoms with Crippen LogP contribution in [0.2, 0.25) is 0 Å². The van der Waals surface area contributed by atoms with Gasteiger partial charge in [-0.3, -0.25) is 4.79 Å². The highest BCUT2D eigenvalue weighted by Crippen LogP contribution is 2.33. The van der Waals surface area contributed by atoms with E-state index in [2.05, 4.69) is 31.9 Å². The Morgan fingerprint density at radius 3 is 2.84 bits per heavy atom. The third-order valence-corrected chi connectivity index (χ3v) is 6.87. The molecule has 1 aromatic carbocycles. The summed E-state index contributed by atoms with van der Waals surface area (Å²) in [5.41, 5.74) is 1.11. The van der Waals surface area contributed by atoms with Crippen LogP contribution in [0.3, 0.4) is 0 Å². The molecule has 3 N–H and O–H groups in total. The van der Waals surface area contributed by atoms with Crippen LogP contribution >= 0.6 is 27.7 Å². The first-order valence-electron chi connectivity index (χ1n) is 8.76. The highest BCUT2D eigenvalue weighted by Gasteiger charge is 2.42. The Bertz CT molecular complexity index is 625. The van der Waals surface area contributed by atoms with Crippen LogP contribution in [-0.2, 0) is 4.79 Å². The Balaban J connectivity index is 1.34. The summed E-state index contributed by atoms with van der Waals surface area (Å²) < 4.78 is 1.04. The molecule has 0 spiro atoms. The van der Waals surface area contributed by atoms with Gasteiger partial charge < -0.3 is 16.0 Å². The number of hydrogen-bond donors (Lipinski definition) is 3. The number of nitrogens with one attached hydrogen (secondary N) is 3. The molecule has 1 aromatic rings. The molecular formula is C18H24BrN3O2S. The number of halogens is 1. The molecule has 2 saturated heterocycles. The third kappa shape index (κ3) is 4.91. The minimum absolute atomic E-state index is 0.0199. The molecule has 3 amide bonds. The number of unbranched alkanes of at least 4 members (excludes halogenated alkanes) is 1. The van der Waals surface area contributed by atoms with E-state index in [1.54, 1.807) is 0 Å². The van der Waals surface area contributed by atoms with Crippen molar-refractivity contribution in [3.63, 3.8) is 0 Å². The second kappa shape index (κ2) is 8.45. The molecule has 0 saturated carbocycles. The lowest BCUT2D eigenvalue weighted by Gasteiger charge is -2.17. The zero-order valence-corrected chi connectivity index (χ0v) is 16.7. The largest absolute Gasteiger partial charge is 0.350 e. The number of fused-ring (bicyclic) bond motifs is 1. The second-order valence-electron chi connectivity index (χ2n) is 6.71. The van der Waals surface area contributed by atoms with Gasteiger partial charge in [-0.25, -0.2) is 4.79 Å². The van der Waals surface area contributed by atoms with Gasteiger partial charge in [0.05, 0.1) is 18.1 Å². The van der Waals surface area contributed by atoms with E-state index in [9.17, 15) is 9.59 Å². The summed E-state index contributed by atoms with van der Waals surface area (Å²) >= 11 is 5.34. The standard InChI is InChI=1S/C18H24BrN3O2S/c1-11(12-6-8-13(19)9-7-12)20-16(23)5-3-2-4-15-17-14(10-25-15)21-18(24)22-17/h6-9,11,14-15,17H,2-5,10H2,1H3,(H,20,23)(H2,21,22,24)/t11-,14+,15+,17+/m1/s1. The van der Waals surface area contributed by atoms with Crippen LogP contribution in [0.5, 0.6) is 0 Å². The van der Waals surface area contributed by atoms with Gasteiger partial charge >= 0.3 is 6.03 Å². The number of benzene rings is 1. The van der Waals surface area contributed by atoms with E-state index in [1.807, 2.05) is 43.0 Å². The van der Waals surface area contributed by atoms with Crippen LogP contribution in [0.15, 0.2) is 28.7 Å². The number of urea groups is 1. The minimum Gasteiger partial charge on any atom is -0.350 e. The van der Waals surface area contributed by atoms with Crippen molar-refractivity contribution in [2.75, 3.05) is 5.75 Å². The molecular weight excluding hydrogens is 402 g/mol. The average Bonchev–Trinajstić information content (AvgIpc) is 3.11. The smallest absolute Gasteiger partial charge is 0.315 e. The first-order chi connectivity index (χ1) is 12.0. The van der Waals surface area contributed by atoms with Gasteiger partial charge in [0.15, 0.2) is 0 Å². The van der Waals surface area contributed by atoms with Crippen LogP contribution < -0.4 is 16.0 Å². The zero-order chi connectivity index (χ0) is 17.8. The maximum atomic E-state index is 12.1. The van der Waals surface area contributed by atoms with Crippen molar-refractivity contribution in [1.82, 2.24) is 16.0 Å². The monoisotopic (exact) mass is 425 g/mol. The summed E-state index contributed by atoms with van der Waals surface area (Å²) in [5, 5.41) is 9.49. The van der Waals surface area contributed by atoms with Crippen molar-refractivity contribution in [3.05, 3.63) is 34.3 Å². The van der Waals surface area contributed by atoms with Gasteiger partial charge in [-0.2, -0.15) is 11.8 Å². The number of carbonyl (C=O) groups excluding carboxylic acids is 2. The van der Waals surface area contributed by atoms with Crippen molar-refractivity contribution < 1.29 is 9.59 Å². The highest BCUT2D eigenvalue weighted by atomic mass is 79.9. The topological polar surface area (TPSA) is 70.2 Å². The number of rotatable bonds is 7. The molecule has 5 nitrogen and oxygen atoms in total. The summed E-state index contributed by atoms with van der Waals surface area (Å²) in [6.45, 7) is 2.01. The van der Waals surface area contributed by atoms with E-state index in [1.165, 1.54) is 0 Å². The van der Waals surface area contributed by atoms with E-state index in [-0.39, 0.29) is 30.1 Å². The van der Waals surface area contributed by atoms with Crippen LogP contribution in [0, 0.1) is 0 Å². The highest BCUT2D eigenvalue weighted by molar-refractivity contribution is 9.10. The molecule has 3 rings (SSSR count). The van der Waals surface area contributed by atoms with Gasteiger partial charge in [0.2, 0.25) is 5.91 Å². The van der Waals surface area contributed by atoms with E-state index in [0.29, 0.717) is 11.7 Å². The molecule has 0 aromatic heterocycles. The van der Waals surface area contributed by atoms with Crippen molar-refractivity contribution in [3.8, 4) is 0 Å². The Morgan fingerprint density at radius 2 is 2.08 bits per heavy atom. The third-order valence-electron chi connectivity index (χ3n) is 4.83. The van der Waals surface area contributed by atoms with Crippen molar-refractivity contribution in [2.45, 2.75) is 56.0 Å². The Hall–Kier alpha value is -1.21. The lowest BCUT2D eigenvalue weighted by molar-refractivity contribution is -0.121. The molecule has 0 aliphatic carbocycles. The average molecular weight is 426 g/mol. The molecule has 2 heterocycles. The normalized spacial score (nSPS) is 25.8. The predicted molar refractivity (Wildman–Crippen MR) is 105 cm³/mol. The molecule has 7 heteroatoms. The maximum Gasteiger partial charge on any atom is 0.315 e. The van der Waals surface area contributed by atoms with Gasteiger partial charge in [-0.1, -0.05) is 34.5 Å². The molecule has 0 bridgehead atoms. The Kier molecular flexibility index (Phi) is 6.28. The summed E-state index contributed by atoms with van der Waals surface area (Å²) in [6.07, 6.45) is 3.49. The Labute approximate surface area is 161 Å². The van der Waals surface area contributed by atoms with Gasteiger partial charge in [0, 0.05) is 21.9 Å². The van der Waals surface area contributed by atoms with Gasteiger partial charge in [-0.05, 0) is 37.5 Å². The van der Waals surface area contributed by atoms with E-state index < -0.39 is 0 Å². The second-order valence-corrected chi connectivity index (χ2v) is 8.90. The van der Waals surface area contributed by atoms with E-state index >= 15 is 0 Å². The first-order valence-corrected chi connectivity index (χ1v) is 10.6. The van der Waals surface area contributed by atoms with Crippen LogP contribution in [0.4, 0.5) is 4.79 Å². The zero-order valence-electron chi connectivity index (χ0n) is 14.3. The quantitative estimate of drug-likeness (QED) is 0.463. The van der Waals surface area contributed by atoms with Crippen molar-refractivity contribution in [2.24, 2.45) is 0 Å². The van der Waals surface area contributed by atoms with Crippen LogP contribution in [0.25, 0.3) is 0 Å². The minimum atomic E-state index is -0.0402. The van der Waals surface area contributed by atoms with E-state index in [0.717, 1.165) is 35.1 Å². The van der Waals surface area contributed by atoms with Crippen molar-refractivity contribution >= 4 is 39.6 Å². The van der Waals surface area contributed by atoms with Crippen LogP contribution in [-0.4, -0.2) is 35.0 Å². The fourth-order valence-corrected chi connectivity index (χ4v) is 5.23. The van der Waals surface area contributed by atoms with Gasteiger partial charge in [-0.15, -0.1) is 0 Å². The first kappa shape index (κ1) is 18.6. The number of carbonyl (C=O) groups is 2. The molecule has 2 aliphatic heterocycles. The molecule has 25 heavy (non-hydrogen) atoms. The lowest BCUT2D eigenvalue weighted by atomic mass is 10.0. The predicted octanol–water partition coefficient (Wildman–Crippen LogP) is 3.35. The molecule has 0 unspecified atom stereocenters. The summed E-state index contributed by atoms with van der Waals surface area (Å²) in [6, 6.07) is 8.52. The number of amides is 3. The fraction of sp³-hybridized carbons (Fsp3) is 0.556. The fourth-order valence-electron chi connectivity index (χ4n) is 3.42. The molecule has 2 fully saturated rings. The van der Waals surface area contributed by atoms with Gasteiger partial charge in [0.25, 0.3) is 0 Å². The molecule has 4 atom stereocenters. The molecule has 136 valence electrons. The Morgan fingerprint density at radius 1 is 1.32 bits per heavy atom. The van der Waals surface area contributed by atoms with E-state index in [4.69, 9.17) is 0 Å². The molecule has 2 aliphatic rings. The summed E-state index contributed by atoms with van der Waals surface area (Å²) in [7, 11) is 0.